The fourth-order valence-electron chi connectivity index (χ4n) is 3.90. The lowest BCUT2D eigenvalue weighted by molar-refractivity contribution is -0.137. The van der Waals surface area contributed by atoms with Gasteiger partial charge >= 0.3 is 6.18 Å². The predicted molar refractivity (Wildman–Crippen MR) is 142 cm³/mol. The van der Waals surface area contributed by atoms with Crippen molar-refractivity contribution in [3.63, 3.8) is 0 Å². The van der Waals surface area contributed by atoms with Crippen LogP contribution < -0.4 is 11.1 Å². The molecule has 0 aliphatic heterocycles. The molecule has 0 atom stereocenters. The molecule has 3 aromatic heterocycles. The molecule has 0 aliphatic rings. The topological polar surface area (TPSA) is 128 Å². The highest BCUT2D eigenvalue weighted by molar-refractivity contribution is 6.04. The zero-order valence-electron chi connectivity index (χ0n) is 21.6. The number of benzene rings is 1. The molecular weight excluding hydrogens is 527 g/mol. The number of nitrogen functional groups attached to an aromatic ring is 1. The summed E-state index contributed by atoms with van der Waals surface area (Å²) in [5.41, 5.74) is 7.21. The number of nitrogens with one attached hydrogen (secondary N) is 1. The lowest BCUT2D eigenvalue weighted by Gasteiger charge is -2.14. The molecule has 0 bridgehead atoms. The molecule has 1 aromatic carbocycles. The number of carbonyl (C=O) groups excluding carboxylic acids is 2. The summed E-state index contributed by atoms with van der Waals surface area (Å²) in [7, 11) is 3.23. The number of alkyl halides is 3. The molecule has 0 spiro atoms. The van der Waals surface area contributed by atoms with Crippen molar-refractivity contribution < 1.29 is 27.5 Å². The lowest BCUT2D eigenvalue weighted by Crippen LogP contribution is -2.27. The van der Waals surface area contributed by atoms with Crippen molar-refractivity contribution in [1.29, 1.82) is 0 Å². The van der Waals surface area contributed by atoms with Crippen LogP contribution in [0.15, 0.2) is 67.1 Å². The first-order chi connectivity index (χ1) is 19.1. The third-order valence-corrected chi connectivity index (χ3v) is 5.98. The van der Waals surface area contributed by atoms with Crippen LogP contribution in [0, 0.1) is 0 Å². The van der Waals surface area contributed by atoms with Crippen LogP contribution in [0.2, 0.25) is 0 Å². The molecule has 4 rings (SSSR count). The van der Waals surface area contributed by atoms with Gasteiger partial charge in [0.15, 0.2) is 0 Å². The fraction of sp³-hybridized carbons (Fsp3) is 0.222. The van der Waals surface area contributed by atoms with Gasteiger partial charge in [-0.3, -0.25) is 14.0 Å². The number of fused-ring (bicyclic) bond motifs is 1. The number of hydrogen-bond donors (Lipinski definition) is 2. The molecule has 40 heavy (non-hydrogen) atoms. The van der Waals surface area contributed by atoms with Gasteiger partial charge in [0.1, 0.15) is 28.7 Å². The van der Waals surface area contributed by atoms with Crippen molar-refractivity contribution in [3.8, 4) is 11.3 Å². The Morgan fingerprint density at radius 2 is 1.90 bits per heavy atom. The van der Waals surface area contributed by atoms with Gasteiger partial charge in [0.05, 0.1) is 12.2 Å². The van der Waals surface area contributed by atoms with Gasteiger partial charge in [-0.15, -0.1) is 0 Å². The molecule has 208 valence electrons. The van der Waals surface area contributed by atoms with Crippen LogP contribution in [0.5, 0.6) is 0 Å². The molecular formula is C27H26F3N7O3. The monoisotopic (exact) mass is 553 g/mol. The number of likely N-dealkylation sites (N-methyl/N-ethyl adjacent to an activating group) is 1. The van der Waals surface area contributed by atoms with Crippen LogP contribution in [0.1, 0.15) is 21.7 Å². The normalized spacial score (nSPS) is 11.7. The van der Waals surface area contributed by atoms with Crippen LogP contribution in [0.3, 0.4) is 0 Å². The molecule has 4 aromatic rings. The van der Waals surface area contributed by atoms with Crippen molar-refractivity contribution in [2.24, 2.45) is 0 Å². The third-order valence-electron chi connectivity index (χ3n) is 5.98. The summed E-state index contributed by atoms with van der Waals surface area (Å²) in [5.74, 6) is -0.112. The molecule has 3 N–H and O–H groups in total. The van der Waals surface area contributed by atoms with Gasteiger partial charge in [0.2, 0.25) is 5.91 Å². The standard InChI is InChI=1S/C27H26F3N7O3/c1-36(22(38)4-3-15-40-2)13-10-21-35-23(24-25(31)33-12-14-37(21)24)17-5-7-18(8-6-17)26(39)34-20-16-19(9-11-32-20)27(28,29)30/h3-9,11-12,14,16H,10,13,15H2,1-2H3,(H2,31,33)(H,32,34,39)/b4-3+. The smallest absolute Gasteiger partial charge is 0.382 e. The van der Waals surface area contributed by atoms with Gasteiger partial charge in [-0.25, -0.2) is 15.0 Å². The number of imidazole rings is 1. The van der Waals surface area contributed by atoms with Gasteiger partial charge in [-0.2, -0.15) is 13.2 Å². The van der Waals surface area contributed by atoms with Crippen molar-refractivity contribution in [2.75, 3.05) is 38.4 Å². The molecule has 3 heterocycles. The summed E-state index contributed by atoms with van der Waals surface area (Å²) in [6.45, 7) is 0.725. The molecule has 0 aliphatic carbocycles. The van der Waals surface area contributed by atoms with E-state index in [1.54, 1.807) is 54.1 Å². The van der Waals surface area contributed by atoms with Crippen LogP contribution >= 0.6 is 0 Å². The van der Waals surface area contributed by atoms with E-state index in [0.717, 1.165) is 18.3 Å². The Balaban J connectivity index is 1.54. The highest BCUT2D eigenvalue weighted by atomic mass is 19.4. The lowest BCUT2D eigenvalue weighted by atomic mass is 10.1. The van der Waals surface area contributed by atoms with E-state index in [0.29, 0.717) is 42.2 Å². The van der Waals surface area contributed by atoms with E-state index >= 15 is 0 Å². The molecule has 10 nitrogen and oxygen atoms in total. The quantitative estimate of drug-likeness (QED) is 0.302. The third kappa shape index (κ3) is 6.43. The summed E-state index contributed by atoms with van der Waals surface area (Å²) < 4.78 is 45.6. The van der Waals surface area contributed by atoms with Crippen LogP contribution in [0.25, 0.3) is 16.8 Å². The van der Waals surface area contributed by atoms with Crippen molar-refractivity contribution in [1.82, 2.24) is 24.3 Å². The average molecular weight is 554 g/mol. The van der Waals surface area contributed by atoms with E-state index < -0.39 is 17.6 Å². The van der Waals surface area contributed by atoms with E-state index in [1.165, 1.54) is 18.2 Å². The van der Waals surface area contributed by atoms with Gasteiger partial charge in [-0.1, -0.05) is 18.2 Å². The van der Waals surface area contributed by atoms with E-state index in [4.69, 9.17) is 15.5 Å². The number of nitrogens with zero attached hydrogens (tertiary/aromatic N) is 5. The summed E-state index contributed by atoms with van der Waals surface area (Å²) >= 11 is 0. The first-order valence-corrected chi connectivity index (χ1v) is 12.1. The number of nitrogens with two attached hydrogens (primary N) is 1. The van der Waals surface area contributed by atoms with Crippen molar-refractivity contribution >= 4 is 29.0 Å². The zero-order valence-corrected chi connectivity index (χ0v) is 21.6. The second-order valence-electron chi connectivity index (χ2n) is 8.73. The van der Waals surface area contributed by atoms with Gasteiger partial charge < -0.3 is 20.7 Å². The predicted octanol–water partition coefficient (Wildman–Crippen LogP) is 3.85. The number of ether oxygens (including phenoxy) is 1. The molecule has 0 unspecified atom stereocenters. The molecule has 2 amide bonds. The average Bonchev–Trinajstić information content (AvgIpc) is 3.31. The van der Waals surface area contributed by atoms with Gasteiger partial charge in [0.25, 0.3) is 5.91 Å². The van der Waals surface area contributed by atoms with E-state index in [9.17, 15) is 22.8 Å². The molecule has 0 saturated carbocycles. The highest BCUT2D eigenvalue weighted by Crippen LogP contribution is 2.31. The number of methoxy groups -OCH3 is 1. The van der Waals surface area contributed by atoms with Crippen molar-refractivity contribution in [3.05, 3.63) is 84.1 Å². The number of aromatic nitrogens is 4. The second-order valence-corrected chi connectivity index (χ2v) is 8.73. The number of halogens is 3. The Kier molecular flexibility index (Phi) is 8.43. The minimum absolute atomic E-state index is 0.173. The molecule has 0 fully saturated rings. The Morgan fingerprint density at radius 3 is 2.60 bits per heavy atom. The van der Waals surface area contributed by atoms with E-state index in [-0.39, 0.29) is 23.1 Å². The van der Waals surface area contributed by atoms with Crippen molar-refractivity contribution in [2.45, 2.75) is 12.6 Å². The summed E-state index contributed by atoms with van der Waals surface area (Å²) in [4.78, 5) is 39.2. The van der Waals surface area contributed by atoms with E-state index in [2.05, 4.69) is 15.3 Å². The zero-order chi connectivity index (χ0) is 28.9. The Hall–Kier alpha value is -4.78. The summed E-state index contributed by atoms with van der Waals surface area (Å²) in [6.07, 6.45) is 3.20. The van der Waals surface area contributed by atoms with Gasteiger partial charge in [-0.05, 0) is 24.3 Å². The first-order valence-electron chi connectivity index (χ1n) is 12.1. The number of amides is 2. The highest BCUT2D eigenvalue weighted by Gasteiger charge is 2.31. The van der Waals surface area contributed by atoms with Crippen LogP contribution in [0.4, 0.5) is 24.8 Å². The fourth-order valence-corrected chi connectivity index (χ4v) is 3.90. The largest absolute Gasteiger partial charge is 0.416 e. The minimum Gasteiger partial charge on any atom is -0.382 e. The molecule has 13 heteroatoms. The number of hydrogen-bond acceptors (Lipinski definition) is 7. The molecule has 0 radical (unpaired) electrons. The van der Waals surface area contributed by atoms with E-state index in [1.807, 2.05) is 0 Å². The maximum atomic E-state index is 13.0. The minimum atomic E-state index is -4.56. The second kappa shape index (κ2) is 11.9. The van der Waals surface area contributed by atoms with Gasteiger partial charge in [0, 0.05) is 62.9 Å². The number of carbonyl (C=O) groups is 2. The SMILES string of the molecule is COC/C=C/C(=O)N(C)CCc1nc(-c2ccc(C(=O)Nc3cc(C(F)(F)F)ccn3)cc2)c2c(N)nccn12. The number of rotatable bonds is 9. The Morgan fingerprint density at radius 1 is 1.15 bits per heavy atom. The number of pyridine rings is 1. The summed E-state index contributed by atoms with van der Waals surface area (Å²) in [6, 6.07) is 7.95. The first kappa shape index (κ1) is 28.2. The maximum Gasteiger partial charge on any atom is 0.416 e. The molecule has 0 saturated heterocycles. The Bertz CT molecular complexity index is 1550. The van der Waals surface area contributed by atoms with Crippen LogP contribution in [-0.4, -0.2) is 63.4 Å². The summed E-state index contributed by atoms with van der Waals surface area (Å²) in [5, 5.41) is 2.38. The Labute approximate surface area is 227 Å². The number of anilines is 2. The van der Waals surface area contributed by atoms with Crippen LogP contribution in [-0.2, 0) is 22.1 Å². The maximum absolute atomic E-state index is 13.0.